The van der Waals surface area contributed by atoms with Crippen LogP contribution in [0.2, 0.25) is 0 Å². The third-order valence-corrected chi connectivity index (χ3v) is 4.83. The number of aliphatic carboxylic acids is 1. The van der Waals surface area contributed by atoms with Crippen molar-refractivity contribution >= 4 is 21.7 Å². The molecule has 2 N–H and O–H groups in total. The summed E-state index contributed by atoms with van der Waals surface area (Å²) < 4.78 is 22.6. The molecule has 104 valence electrons. The maximum Gasteiger partial charge on any atom is 0.320 e. The van der Waals surface area contributed by atoms with Gasteiger partial charge in [0.05, 0.1) is 18.1 Å². The van der Waals surface area contributed by atoms with E-state index >= 15 is 0 Å². The van der Waals surface area contributed by atoms with Crippen LogP contribution in [0.15, 0.2) is 0 Å². The van der Waals surface area contributed by atoms with Gasteiger partial charge in [-0.1, -0.05) is 0 Å². The zero-order valence-electron chi connectivity index (χ0n) is 10.4. The van der Waals surface area contributed by atoms with Crippen molar-refractivity contribution in [2.75, 3.05) is 25.1 Å². The van der Waals surface area contributed by atoms with Crippen LogP contribution in [0.1, 0.15) is 13.3 Å². The summed E-state index contributed by atoms with van der Waals surface area (Å²) in [5.41, 5.74) is 0. The summed E-state index contributed by atoms with van der Waals surface area (Å²) in [6.07, 6.45) is 0.444. The molecular weight excluding hydrogens is 260 g/mol. The zero-order chi connectivity index (χ0) is 13.9. The third kappa shape index (κ3) is 3.95. The van der Waals surface area contributed by atoms with E-state index in [1.165, 1.54) is 11.8 Å². The minimum Gasteiger partial charge on any atom is -0.480 e. The Balaban J connectivity index is 2.45. The van der Waals surface area contributed by atoms with Crippen LogP contribution >= 0.6 is 0 Å². The highest BCUT2D eigenvalue weighted by Crippen LogP contribution is 2.16. The molecule has 1 aliphatic heterocycles. The molecule has 1 fully saturated rings. The van der Waals surface area contributed by atoms with E-state index in [2.05, 4.69) is 5.32 Å². The summed E-state index contributed by atoms with van der Waals surface area (Å²) in [4.78, 5) is 23.7. The number of amides is 1. The van der Waals surface area contributed by atoms with Gasteiger partial charge < -0.3 is 10.0 Å². The number of rotatable bonds is 5. The predicted molar refractivity (Wildman–Crippen MR) is 64.9 cm³/mol. The monoisotopic (exact) mass is 278 g/mol. The topological polar surface area (TPSA) is 104 Å². The molecule has 0 spiro atoms. The standard InChI is InChI=1S/C10H18N2O5S/c1-7(10(14)15)11-5-9(13)12(2)8-3-4-18(16,17)6-8/h7-8,11H,3-6H2,1-2H3,(H,14,15). The average Bonchev–Trinajstić information content (AvgIpc) is 2.64. The first-order chi connectivity index (χ1) is 8.23. The summed E-state index contributed by atoms with van der Waals surface area (Å²) in [6.45, 7) is 1.33. The van der Waals surface area contributed by atoms with Gasteiger partial charge in [-0.25, -0.2) is 8.42 Å². The van der Waals surface area contributed by atoms with Gasteiger partial charge in [-0.15, -0.1) is 0 Å². The van der Waals surface area contributed by atoms with E-state index in [9.17, 15) is 18.0 Å². The lowest BCUT2D eigenvalue weighted by Gasteiger charge is -2.24. The summed E-state index contributed by atoms with van der Waals surface area (Å²) in [7, 11) is -1.48. The molecule has 2 unspecified atom stereocenters. The minimum atomic E-state index is -3.03. The van der Waals surface area contributed by atoms with Crippen molar-refractivity contribution in [1.82, 2.24) is 10.2 Å². The second kappa shape index (κ2) is 5.66. The van der Waals surface area contributed by atoms with Crippen molar-refractivity contribution < 1.29 is 23.1 Å². The number of nitrogens with zero attached hydrogens (tertiary/aromatic N) is 1. The fourth-order valence-corrected chi connectivity index (χ4v) is 3.51. The van der Waals surface area contributed by atoms with Crippen molar-refractivity contribution in [2.45, 2.75) is 25.4 Å². The van der Waals surface area contributed by atoms with E-state index in [0.717, 1.165) is 0 Å². The molecule has 8 heteroatoms. The lowest BCUT2D eigenvalue weighted by atomic mass is 10.2. The van der Waals surface area contributed by atoms with Gasteiger partial charge in [0.1, 0.15) is 6.04 Å². The molecule has 0 aromatic carbocycles. The Bertz CT molecular complexity index is 434. The van der Waals surface area contributed by atoms with Crippen molar-refractivity contribution in [3.8, 4) is 0 Å². The Morgan fingerprint density at radius 3 is 2.56 bits per heavy atom. The molecule has 0 bridgehead atoms. The second-order valence-corrected chi connectivity index (χ2v) is 6.73. The van der Waals surface area contributed by atoms with Crippen molar-refractivity contribution in [2.24, 2.45) is 0 Å². The number of hydrogen-bond donors (Lipinski definition) is 2. The number of hydrogen-bond acceptors (Lipinski definition) is 5. The zero-order valence-corrected chi connectivity index (χ0v) is 11.2. The van der Waals surface area contributed by atoms with E-state index in [1.54, 1.807) is 7.05 Å². The Hall–Kier alpha value is -1.15. The molecule has 0 aromatic rings. The maximum atomic E-state index is 11.7. The van der Waals surface area contributed by atoms with Gasteiger partial charge in [-0.3, -0.25) is 14.9 Å². The number of carboxylic acid groups (broad SMARTS) is 1. The van der Waals surface area contributed by atoms with Crippen LogP contribution in [0, 0.1) is 0 Å². The second-order valence-electron chi connectivity index (χ2n) is 4.50. The van der Waals surface area contributed by atoms with Crippen molar-refractivity contribution in [3.63, 3.8) is 0 Å². The predicted octanol–water partition coefficient (Wildman–Crippen LogP) is -1.31. The SMILES string of the molecule is CC(NCC(=O)N(C)C1CCS(=O)(=O)C1)C(=O)O. The van der Waals surface area contributed by atoms with Gasteiger partial charge in [0, 0.05) is 13.1 Å². The highest BCUT2D eigenvalue weighted by atomic mass is 32.2. The number of carbonyl (C=O) groups excluding carboxylic acids is 1. The quantitative estimate of drug-likeness (QED) is 0.647. The normalized spacial score (nSPS) is 23.6. The molecule has 1 rings (SSSR count). The molecule has 1 amide bonds. The van der Waals surface area contributed by atoms with Gasteiger partial charge in [0.15, 0.2) is 9.84 Å². The molecule has 0 aromatic heterocycles. The molecule has 0 radical (unpaired) electrons. The molecule has 1 aliphatic rings. The number of nitrogens with one attached hydrogen (secondary N) is 1. The smallest absolute Gasteiger partial charge is 0.320 e. The van der Waals surface area contributed by atoms with Crippen LogP contribution < -0.4 is 5.32 Å². The number of carbonyl (C=O) groups is 2. The molecule has 0 aliphatic carbocycles. The van der Waals surface area contributed by atoms with Crippen LogP contribution in [0.4, 0.5) is 0 Å². The van der Waals surface area contributed by atoms with Crippen LogP contribution in [-0.2, 0) is 19.4 Å². The van der Waals surface area contributed by atoms with Crippen LogP contribution in [0.5, 0.6) is 0 Å². The summed E-state index contributed by atoms with van der Waals surface area (Å²) in [6, 6.07) is -1.11. The van der Waals surface area contributed by atoms with E-state index < -0.39 is 21.8 Å². The largest absolute Gasteiger partial charge is 0.480 e. The Morgan fingerprint density at radius 2 is 2.11 bits per heavy atom. The highest BCUT2D eigenvalue weighted by Gasteiger charge is 2.32. The molecule has 18 heavy (non-hydrogen) atoms. The lowest BCUT2D eigenvalue weighted by Crippen LogP contribution is -2.45. The molecule has 1 heterocycles. The molecular formula is C10H18N2O5S. The summed E-state index contributed by atoms with van der Waals surface area (Å²) in [5, 5.41) is 11.2. The molecule has 1 saturated heterocycles. The number of likely N-dealkylation sites (N-methyl/N-ethyl adjacent to an activating group) is 1. The Kier molecular flexibility index (Phi) is 4.69. The van der Waals surface area contributed by atoms with Gasteiger partial charge >= 0.3 is 5.97 Å². The molecule has 2 atom stereocenters. The van der Waals surface area contributed by atoms with Gasteiger partial charge in [0.25, 0.3) is 0 Å². The maximum absolute atomic E-state index is 11.7. The highest BCUT2D eigenvalue weighted by molar-refractivity contribution is 7.91. The third-order valence-electron chi connectivity index (χ3n) is 3.08. The molecule has 0 saturated carbocycles. The van der Waals surface area contributed by atoms with Crippen LogP contribution in [0.25, 0.3) is 0 Å². The first-order valence-electron chi connectivity index (χ1n) is 5.65. The Labute approximate surface area is 106 Å². The van der Waals surface area contributed by atoms with Crippen LogP contribution in [0.3, 0.4) is 0 Å². The minimum absolute atomic E-state index is 0.0102. The number of carboxylic acids is 1. The van der Waals surface area contributed by atoms with E-state index in [1.807, 2.05) is 0 Å². The van der Waals surface area contributed by atoms with Crippen molar-refractivity contribution in [3.05, 3.63) is 0 Å². The van der Waals surface area contributed by atoms with E-state index in [-0.39, 0.29) is 30.0 Å². The summed E-state index contributed by atoms with van der Waals surface area (Å²) >= 11 is 0. The number of sulfone groups is 1. The van der Waals surface area contributed by atoms with Gasteiger partial charge in [0.2, 0.25) is 5.91 Å². The summed E-state index contributed by atoms with van der Waals surface area (Å²) in [5.74, 6) is -1.24. The first kappa shape index (κ1) is 14.9. The van der Waals surface area contributed by atoms with Crippen molar-refractivity contribution in [1.29, 1.82) is 0 Å². The first-order valence-corrected chi connectivity index (χ1v) is 7.47. The lowest BCUT2D eigenvalue weighted by molar-refractivity contribution is -0.139. The van der Waals surface area contributed by atoms with Gasteiger partial charge in [-0.05, 0) is 13.3 Å². The van der Waals surface area contributed by atoms with Crippen LogP contribution in [-0.4, -0.2) is 67.5 Å². The fraction of sp³-hybridized carbons (Fsp3) is 0.800. The average molecular weight is 278 g/mol. The van der Waals surface area contributed by atoms with E-state index in [4.69, 9.17) is 5.11 Å². The Morgan fingerprint density at radius 1 is 1.50 bits per heavy atom. The molecule has 7 nitrogen and oxygen atoms in total. The fourth-order valence-electron chi connectivity index (χ4n) is 1.74. The van der Waals surface area contributed by atoms with Gasteiger partial charge in [-0.2, -0.15) is 0 Å². The van der Waals surface area contributed by atoms with E-state index in [0.29, 0.717) is 6.42 Å².